The van der Waals surface area contributed by atoms with Crippen LogP contribution in [0.5, 0.6) is 5.75 Å². The summed E-state index contributed by atoms with van der Waals surface area (Å²) in [7, 11) is 1.61. The maximum absolute atomic E-state index is 12.7. The van der Waals surface area contributed by atoms with Crippen molar-refractivity contribution in [1.29, 1.82) is 0 Å². The lowest BCUT2D eigenvalue weighted by Crippen LogP contribution is -2.51. The molecule has 3 aromatic rings. The van der Waals surface area contributed by atoms with Crippen LogP contribution >= 0.6 is 23.1 Å². The number of hydrogen-bond acceptors (Lipinski definition) is 7. The Morgan fingerprint density at radius 1 is 1.10 bits per heavy atom. The van der Waals surface area contributed by atoms with Gasteiger partial charge >= 0.3 is 0 Å². The summed E-state index contributed by atoms with van der Waals surface area (Å²) >= 11 is 2.78. The number of piperazine rings is 1. The highest BCUT2D eigenvalue weighted by Crippen LogP contribution is 2.26. The number of methoxy groups -OCH3 is 1. The van der Waals surface area contributed by atoms with E-state index < -0.39 is 0 Å². The first-order valence-corrected chi connectivity index (χ1v) is 11.3. The second kappa shape index (κ2) is 9.31. The van der Waals surface area contributed by atoms with Crippen LogP contribution in [0.2, 0.25) is 0 Å². The van der Waals surface area contributed by atoms with E-state index in [1.807, 2.05) is 46.3 Å². The Labute approximate surface area is 182 Å². The molecule has 1 aromatic carbocycles. The normalized spacial score (nSPS) is 14.0. The molecule has 10 heteroatoms. The van der Waals surface area contributed by atoms with Crippen LogP contribution in [0.25, 0.3) is 5.69 Å². The van der Waals surface area contributed by atoms with Gasteiger partial charge in [-0.1, -0.05) is 30.0 Å². The minimum atomic E-state index is 0.0257. The first-order valence-electron chi connectivity index (χ1n) is 9.44. The molecule has 4 rings (SSSR count). The molecule has 1 saturated heterocycles. The third kappa shape index (κ3) is 4.34. The number of thiophene rings is 1. The van der Waals surface area contributed by atoms with Crippen LogP contribution in [0, 0.1) is 0 Å². The predicted molar refractivity (Wildman–Crippen MR) is 115 cm³/mol. The lowest BCUT2D eigenvalue weighted by Gasteiger charge is -2.34. The SMILES string of the molecule is COc1ccccc1-n1cnnc1SCC(=O)N1CCN(C(=O)c2cccs2)CC1. The van der Waals surface area contributed by atoms with Gasteiger partial charge in [-0.25, -0.2) is 0 Å². The summed E-state index contributed by atoms with van der Waals surface area (Å²) in [5.41, 5.74) is 0.820. The summed E-state index contributed by atoms with van der Waals surface area (Å²) in [6.45, 7) is 2.17. The summed E-state index contributed by atoms with van der Waals surface area (Å²) in [5, 5.41) is 10.7. The number of rotatable bonds is 6. The van der Waals surface area contributed by atoms with E-state index in [4.69, 9.17) is 4.74 Å². The maximum Gasteiger partial charge on any atom is 0.264 e. The maximum atomic E-state index is 12.7. The fourth-order valence-corrected chi connectivity index (χ4v) is 4.76. The van der Waals surface area contributed by atoms with E-state index >= 15 is 0 Å². The number of carbonyl (C=O) groups excluding carboxylic acids is 2. The van der Waals surface area contributed by atoms with Crippen LogP contribution in [0.4, 0.5) is 0 Å². The topological polar surface area (TPSA) is 80.6 Å². The Balaban J connectivity index is 1.33. The zero-order valence-corrected chi connectivity index (χ0v) is 18.1. The number of ether oxygens (including phenoxy) is 1. The van der Waals surface area contributed by atoms with Gasteiger partial charge < -0.3 is 14.5 Å². The van der Waals surface area contributed by atoms with Crippen LogP contribution in [0.15, 0.2) is 53.3 Å². The molecule has 3 heterocycles. The minimum Gasteiger partial charge on any atom is -0.495 e. The van der Waals surface area contributed by atoms with Crippen LogP contribution in [-0.2, 0) is 4.79 Å². The molecule has 1 aliphatic heterocycles. The molecular formula is C20H21N5O3S2. The Bertz CT molecular complexity index is 1010. The Hall–Kier alpha value is -2.85. The van der Waals surface area contributed by atoms with Crippen LogP contribution in [0.1, 0.15) is 9.67 Å². The van der Waals surface area contributed by atoms with Gasteiger partial charge in [0.15, 0.2) is 5.16 Å². The first-order chi connectivity index (χ1) is 14.7. The van der Waals surface area contributed by atoms with E-state index in [1.54, 1.807) is 23.2 Å². The molecule has 0 saturated carbocycles. The van der Waals surface area contributed by atoms with E-state index in [1.165, 1.54) is 23.1 Å². The van der Waals surface area contributed by atoms with Crippen molar-refractivity contribution in [2.75, 3.05) is 39.0 Å². The summed E-state index contributed by atoms with van der Waals surface area (Å²) in [5.74, 6) is 1.03. The molecule has 0 unspecified atom stereocenters. The third-order valence-corrected chi connectivity index (χ3v) is 6.62. The van der Waals surface area contributed by atoms with Crippen molar-refractivity contribution in [3.05, 3.63) is 53.0 Å². The molecule has 8 nitrogen and oxygen atoms in total. The third-order valence-electron chi connectivity index (χ3n) is 4.84. The molecule has 0 atom stereocenters. The number of amides is 2. The van der Waals surface area contributed by atoms with Crippen LogP contribution in [-0.4, -0.2) is 75.4 Å². The molecule has 1 aliphatic rings. The molecular weight excluding hydrogens is 422 g/mol. The lowest BCUT2D eigenvalue weighted by atomic mass is 10.3. The van der Waals surface area contributed by atoms with Gasteiger partial charge in [-0.05, 0) is 23.6 Å². The van der Waals surface area contributed by atoms with E-state index in [9.17, 15) is 9.59 Å². The number of carbonyl (C=O) groups is 2. The lowest BCUT2D eigenvalue weighted by molar-refractivity contribution is -0.129. The number of nitrogens with zero attached hydrogens (tertiary/aromatic N) is 5. The number of aromatic nitrogens is 3. The average molecular weight is 444 g/mol. The van der Waals surface area contributed by atoms with Crippen molar-refractivity contribution in [1.82, 2.24) is 24.6 Å². The molecule has 0 aliphatic carbocycles. The monoisotopic (exact) mass is 443 g/mol. The van der Waals surface area contributed by atoms with Crippen LogP contribution in [0.3, 0.4) is 0 Å². The number of para-hydroxylation sites is 2. The van der Waals surface area contributed by atoms with Crippen molar-refractivity contribution in [3.63, 3.8) is 0 Å². The van der Waals surface area contributed by atoms with Crippen molar-refractivity contribution in [2.45, 2.75) is 5.16 Å². The minimum absolute atomic E-state index is 0.0257. The highest BCUT2D eigenvalue weighted by Gasteiger charge is 2.25. The first kappa shape index (κ1) is 20.4. The van der Waals surface area contributed by atoms with Crippen molar-refractivity contribution in [2.24, 2.45) is 0 Å². The van der Waals surface area contributed by atoms with Gasteiger partial charge in [-0.2, -0.15) is 0 Å². The standard InChI is InChI=1S/C20H21N5O3S2/c1-28-16-6-3-2-5-15(16)25-14-21-22-20(25)30-13-18(26)23-8-10-24(11-9-23)19(27)17-7-4-12-29-17/h2-7,12,14H,8-11,13H2,1H3. The Morgan fingerprint density at radius 2 is 1.87 bits per heavy atom. The second-order valence-electron chi connectivity index (χ2n) is 6.59. The van der Waals surface area contributed by atoms with Gasteiger partial charge in [-0.15, -0.1) is 21.5 Å². The zero-order valence-electron chi connectivity index (χ0n) is 16.4. The van der Waals surface area contributed by atoms with E-state index in [-0.39, 0.29) is 17.6 Å². The molecule has 30 heavy (non-hydrogen) atoms. The highest BCUT2D eigenvalue weighted by atomic mass is 32.2. The molecule has 0 N–H and O–H groups in total. The summed E-state index contributed by atoms with van der Waals surface area (Å²) in [6, 6.07) is 11.3. The molecule has 156 valence electrons. The number of benzene rings is 1. The quantitative estimate of drug-likeness (QED) is 0.545. The molecule has 2 amide bonds. The Morgan fingerprint density at radius 3 is 2.60 bits per heavy atom. The van der Waals surface area contributed by atoms with E-state index in [0.29, 0.717) is 37.1 Å². The second-order valence-corrected chi connectivity index (χ2v) is 8.48. The van der Waals surface area contributed by atoms with Gasteiger partial charge in [0, 0.05) is 26.2 Å². The Kier molecular flexibility index (Phi) is 6.34. The summed E-state index contributed by atoms with van der Waals surface area (Å²) < 4.78 is 7.22. The largest absolute Gasteiger partial charge is 0.495 e. The van der Waals surface area contributed by atoms with Crippen molar-refractivity contribution < 1.29 is 14.3 Å². The highest BCUT2D eigenvalue weighted by molar-refractivity contribution is 7.99. The van der Waals surface area contributed by atoms with Gasteiger partial charge in [0.1, 0.15) is 12.1 Å². The smallest absolute Gasteiger partial charge is 0.264 e. The molecule has 0 spiro atoms. The van der Waals surface area contributed by atoms with Crippen LogP contribution < -0.4 is 4.74 Å². The average Bonchev–Trinajstić information content (AvgIpc) is 3.49. The number of thioether (sulfide) groups is 1. The summed E-state index contributed by atoms with van der Waals surface area (Å²) in [6.07, 6.45) is 1.61. The predicted octanol–water partition coefficient (Wildman–Crippen LogP) is 2.41. The van der Waals surface area contributed by atoms with Gasteiger partial charge in [0.05, 0.1) is 23.4 Å². The zero-order chi connectivity index (χ0) is 20.9. The fourth-order valence-electron chi connectivity index (χ4n) is 3.25. The van der Waals surface area contributed by atoms with Gasteiger partial charge in [0.25, 0.3) is 5.91 Å². The van der Waals surface area contributed by atoms with E-state index in [0.717, 1.165) is 10.6 Å². The van der Waals surface area contributed by atoms with Gasteiger partial charge in [-0.3, -0.25) is 14.2 Å². The van der Waals surface area contributed by atoms with Crippen molar-refractivity contribution >= 4 is 34.9 Å². The summed E-state index contributed by atoms with van der Waals surface area (Å²) in [4.78, 5) is 29.5. The molecule has 1 fully saturated rings. The molecule has 2 aromatic heterocycles. The van der Waals surface area contributed by atoms with E-state index in [2.05, 4.69) is 10.2 Å². The fraction of sp³-hybridized carbons (Fsp3) is 0.300. The number of hydrogen-bond donors (Lipinski definition) is 0. The van der Waals surface area contributed by atoms with Crippen molar-refractivity contribution in [3.8, 4) is 11.4 Å². The molecule has 0 bridgehead atoms. The molecule has 0 radical (unpaired) electrons. The van der Waals surface area contributed by atoms with Gasteiger partial charge in [0.2, 0.25) is 5.91 Å².